The van der Waals surface area contributed by atoms with Gasteiger partial charge in [0, 0.05) is 37.9 Å². The molecule has 8 heteroatoms. The summed E-state index contributed by atoms with van der Waals surface area (Å²) < 4.78 is 11.0. The SMILES string of the molecule is CCNC(=NCc1nc(C)c(C)o1)NCC1CCN(c2cccc(OC)c2)C1.I. The first-order valence-corrected chi connectivity index (χ1v) is 9.93. The van der Waals surface area contributed by atoms with Crippen molar-refractivity contribution in [2.75, 3.05) is 38.2 Å². The average molecular weight is 513 g/mol. The molecule has 0 bridgehead atoms. The Morgan fingerprint density at radius 2 is 2.17 bits per heavy atom. The number of aryl methyl sites for hydroxylation is 2. The largest absolute Gasteiger partial charge is 0.497 e. The molecule has 1 aliphatic rings. The highest BCUT2D eigenvalue weighted by molar-refractivity contribution is 14.0. The number of rotatable bonds is 7. The quantitative estimate of drug-likeness (QED) is 0.336. The van der Waals surface area contributed by atoms with Gasteiger partial charge in [0.15, 0.2) is 5.96 Å². The topological polar surface area (TPSA) is 74.9 Å². The van der Waals surface area contributed by atoms with Gasteiger partial charge in [-0.05, 0) is 45.2 Å². The molecule has 0 aliphatic carbocycles. The number of nitrogens with one attached hydrogen (secondary N) is 2. The first-order valence-electron chi connectivity index (χ1n) is 9.93. The number of anilines is 1. The number of methoxy groups -OCH3 is 1. The minimum absolute atomic E-state index is 0. The highest BCUT2D eigenvalue weighted by Crippen LogP contribution is 2.26. The molecule has 3 rings (SSSR count). The van der Waals surface area contributed by atoms with Crippen LogP contribution >= 0.6 is 24.0 Å². The van der Waals surface area contributed by atoms with Crippen LogP contribution in [0.25, 0.3) is 0 Å². The Hall–Kier alpha value is -1.97. The van der Waals surface area contributed by atoms with Crippen molar-refractivity contribution in [3.63, 3.8) is 0 Å². The molecule has 2 aromatic rings. The van der Waals surface area contributed by atoms with E-state index in [2.05, 4.69) is 44.6 Å². The maximum Gasteiger partial charge on any atom is 0.216 e. The number of oxazole rings is 1. The molecule has 2 N–H and O–H groups in total. The summed E-state index contributed by atoms with van der Waals surface area (Å²) in [6.07, 6.45) is 1.15. The molecular weight excluding hydrogens is 481 g/mol. The Bertz CT molecular complexity index is 789. The van der Waals surface area contributed by atoms with Gasteiger partial charge in [-0.1, -0.05) is 6.07 Å². The van der Waals surface area contributed by atoms with E-state index in [1.807, 2.05) is 26.0 Å². The minimum Gasteiger partial charge on any atom is -0.497 e. The first kappa shape index (κ1) is 23.3. The molecule has 1 saturated heterocycles. The van der Waals surface area contributed by atoms with Gasteiger partial charge < -0.3 is 24.7 Å². The van der Waals surface area contributed by atoms with Crippen LogP contribution in [-0.4, -0.2) is 44.2 Å². The predicted molar refractivity (Wildman–Crippen MR) is 128 cm³/mol. The maximum atomic E-state index is 5.61. The first-order chi connectivity index (χ1) is 13.6. The summed E-state index contributed by atoms with van der Waals surface area (Å²) in [6, 6.07) is 8.27. The van der Waals surface area contributed by atoms with Crippen LogP contribution in [0, 0.1) is 19.8 Å². The van der Waals surface area contributed by atoms with E-state index < -0.39 is 0 Å². The number of hydrogen-bond donors (Lipinski definition) is 2. The van der Waals surface area contributed by atoms with Crippen molar-refractivity contribution in [3.05, 3.63) is 41.6 Å². The Morgan fingerprint density at radius 3 is 2.86 bits per heavy atom. The van der Waals surface area contributed by atoms with Gasteiger partial charge >= 0.3 is 0 Å². The van der Waals surface area contributed by atoms with Crippen molar-refractivity contribution < 1.29 is 9.15 Å². The lowest BCUT2D eigenvalue weighted by atomic mass is 10.1. The zero-order valence-corrected chi connectivity index (χ0v) is 20.0. The van der Waals surface area contributed by atoms with Crippen molar-refractivity contribution >= 4 is 35.6 Å². The number of aromatic nitrogens is 1. The van der Waals surface area contributed by atoms with Crippen LogP contribution in [0.2, 0.25) is 0 Å². The van der Waals surface area contributed by atoms with E-state index in [4.69, 9.17) is 9.15 Å². The summed E-state index contributed by atoms with van der Waals surface area (Å²) in [5, 5.41) is 6.76. The summed E-state index contributed by atoms with van der Waals surface area (Å²) in [6.45, 7) is 10.2. The Labute approximate surface area is 190 Å². The van der Waals surface area contributed by atoms with Gasteiger partial charge in [-0.3, -0.25) is 0 Å². The molecule has 1 aromatic heterocycles. The summed E-state index contributed by atoms with van der Waals surface area (Å²) in [7, 11) is 1.71. The minimum atomic E-state index is 0. The number of hydrogen-bond acceptors (Lipinski definition) is 5. The lowest BCUT2D eigenvalue weighted by Crippen LogP contribution is -2.40. The number of aliphatic imine (C=N–C) groups is 1. The monoisotopic (exact) mass is 513 g/mol. The lowest BCUT2D eigenvalue weighted by Gasteiger charge is -2.20. The number of halogens is 1. The Morgan fingerprint density at radius 1 is 1.34 bits per heavy atom. The van der Waals surface area contributed by atoms with Crippen LogP contribution in [0.3, 0.4) is 0 Å². The zero-order chi connectivity index (χ0) is 19.9. The Kier molecular flexibility index (Phi) is 9.06. The van der Waals surface area contributed by atoms with Gasteiger partial charge in [-0.25, -0.2) is 9.98 Å². The Balaban J connectivity index is 0.00000300. The van der Waals surface area contributed by atoms with E-state index in [1.54, 1.807) is 7.11 Å². The fraction of sp³-hybridized carbons (Fsp3) is 0.524. The van der Waals surface area contributed by atoms with Gasteiger partial charge in [0.2, 0.25) is 5.89 Å². The molecule has 7 nitrogen and oxygen atoms in total. The van der Waals surface area contributed by atoms with Crippen LogP contribution in [0.5, 0.6) is 5.75 Å². The normalized spacial score (nSPS) is 16.5. The van der Waals surface area contributed by atoms with E-state index >= 15 is 0 Å². The molecule has 0 spiro atoms. The molecule has 1 aromatic carbocycles. The maximum absolute atomic E-state index is 5.61. The summed E-state index contributed by atoms with van der Waals surface area (Å²) in [5.74, 6) is 3.78. The van der Waals surface area contributed by atoms with Crippen molar-refractivity contribution in [2.45, 2.75) is 33.7 Å². The molecule has 0 saturated carbocycles. The van der Waals surface area contributed by atoms with Crippen LogP contribution in [0.4, 0.5) is 5.69 Å². The molecule has 1 aliphatic heterocycles. The van der Waals surface area contributed by atoms with Crippen molar-refractivity contribution in [2.24, 2.45) is 10.9 Å². The average Bonchev–Trinajstić information content (AvgIpc) is 3.31. The third-order valence-corrected chi connectivity index (χ3v) is 5.05. The second-order valence-corrected chi connectivity index (χ2v) is 7.13. The van der Waals surface area contributed by atoms with Crippen molar-refractivity contribution in [1.82, 2.24) is 15.6 Å². The summed E-state index contributed by atoms with van der Waals surface area (Å²) >= 11 is 0. The van der Waals surface area contributed by atoms with Gasteiger partial charge in [0.25, 0.3) is 0 Å². The number of ether oxygens (including phenoxy) is 1. The van der Waals surface area contributed by atoms with E-state index in [0.717, 1.165) is 55.8 Å². The highest BCUT2D eigenvalue weighted by Gasteiger charge is 2.23. The van der Waals surface area contributed by atoms with E-state index in [9.17, 15) is 0 Å². The molecular formula is C21H32IN5O2. The predicted octanol–water partition coefficient (Wildman–Crippen LogP) is 3.50. The smallest absolute Gasteiger partial charge is 0.216 e. The van der Waals surface area contributed by atoms with Crippen LogP contribution in [-0.2, 0) is 6.54 Å². The second kappa shape index (κ2) is 11.3. The third kappa shape index (κ3) is 6.52. The van der Waals surface area contributed by atoms with E-state index in [0.29, 0.717) is 18.4 Å². The molecule has 1 fully saturated rings. The molecule has 160 valence electrons. The van der Waals surface area contributed by atoms with Crippen molar-refractivity contribution in [3.8, 4) is 5.75 Å². The van der Waals surface area contributed by atoms with Gasteiger partial charge in [-0.15, -0.1) is 24.0 Å². The van der Waals surface area contributed by atoms with Gasteiger partial charge in [0.1, 0.15) is 18.1 Å². The van der Waals surface area contributed by atoms with Gasteiger partial charge in [0.05, 0.1) is 12.8 Å². The third-order valence-electron chi connectivity index (χ3n) is 5.05. The van der Waals surface area contributed by atoms with E-state index in [1.165, 1.54) is 5.69 Å². The molecule has 1 unspecified atom stereocenters. The standard InChI is InChI=1S/C21H31N5O2.HI/c1-5-22-21(24-13-20-25-15(2)16(3)28-20)23-12-17-9-10-26(14-17)18-7-6-8-19(11-18)27-4;/h6-8,11,17H,5,9-10,12-14H2,1-4H3,(H2,22,23,24);1H. The van der Waals surface area contributed by atoms with Gasteiger partial charge in [-0.2, -0.15) is 0 Å². The molecule has 1 atom stereocenters. The van der Waals surface area contributed by atoms with Crippen LogP contribution in [0.15, 0.2) is 33.7 Å². The number of benzene rings is 1. The van der Waals surface area contributed by atoms with Crippen LogP contribution < -0.4 is 20.3 Å². The summed E-state index contributed by atoms with van der Waals surface area (Å²) in [5.41, 5.74) is 2.14. The molecule has 29 heavy (non-hydrogen) atoms. The molecule has 0 amide bonds. The van der Waals surface area contributed by atoms with Crippen LogP contribution in [0.1, 0.15) is 30.7 Å². The number of nitrogens with zero attached hydrogens (tertiary/aromatic N) is 3. The van der Waals surface area contributed by atoms with Crippen molar-refractivity contribution in [1.29, 1.82) is 0 Å². The fourth-order valence-corrected chi connectivity index (χ4v) is 3.38. The molecule has 0 radical (unpaired) electrons. The number of guanidine groups is 1. The zero-order valence-electron chi connectivity index (χ0n) is 17.7. The fourth-order valence-electron chi connectivity index (χ4n) is 3.38. The second-order valence-electron chi connectivity index (χ2n) is 7.13. The molecule has 2 heterocycles. The highest BCUT2D eigenvalue weighted by atomic mass is 127. The van der Waals surface area contributed by atoms with E-state index in [-0.39, 0.29) is 24.0 Å². The lowest BCUT2D eigenvalue weighted by molar-refractivity contribution is 0.415. The summed E-state index contributed by atoms with van der Waals surface area (Å²) in [4.78, 5) is 11.4.